The van der Waals surface area contributed by atoms with Crippen molar-refractivity contribution in [2.24, 2.45) is 0 Å². The maximum atomic E-state index is 12.0. The Morgan fingerprint density at radius 1 is 1.04 bits per heavy atom. The van der Waals surface area contributed by atoms with Crippen LogP contribution in [0.15, 0.2) is 59.3 Å². The molecule has 0 aliphatic carbocycles. The van der Waals surface area contributed by atoms with Gasteiger partial charge in [-0.15, -0.1) is 0 Å². The minimum atomic E-state index is 0.0939. The van der Waals surface area contributed by atoms with Crippen molar-refractivity contribution in [3.8, 4) is 0 Å². The number of carbonyl (C=O) groups excluding carboxylic acids is 1. The normalized spacial score (nSPS) is 10.8. The fourth-order valence-corrected chi connectivity index (χ4v) is 4.00. The molecule has 1 aromatic heterocycles. The lowest BCUT2D eigenvalue weighted by Gasteiger charge is -2.06. The maximum absolute atomic E-state index is 12.0. The standard InChI is InChI=1S/C19H19NOS2/c21-19(20-8-10-23-14-16-7-9-22-13-16)12-15-5-6-17-3-1-2-4-18(17)11-15/h1-7,9,11,13H,8,10,12,14H2,(H,20,21). The van der Waals surface area contributed by atoms with Crippen LogP contribution in [-0.4, -0.2) is 18.2 Å². The molecule has 0 bridgehead atoms. The van der Waals surface area contributed by atoms with Gasteiger partial charge in [0.2, 0.25) is 5.91 Å². The van der Waals surface area contributed by atoms with Gasteiger partial charge in [-0.05, 0) is 38.7 Å². The van der Waals surface area contributed by atoms with Crippen molar-refractivity contribution >= 4 is 39.8 Å². The van der Waals surface area contributed by atoms with Gasteiger partial charge in [-0.3, -0.25) is 4.79 Å². The zero-order valence-electron chi connectivity index (χ0n) is 12.8. The number of rotatable bonds is 7. The third kappa shape index (κ3) is 4.85. The molecular formula is C19H19NOS2. The van der Waals surface area contributed by atoms with Crippen LogP contribution in [0.5, 0.6) is 0 Å². The molecule has 1 amide bonds. The van der Waals surface area contributed by atoms with Gasteiger partial charge < -0.3 is 5.32 Å². The molecule has 0 radical (unpaired) electrons. The van der Waals surface area contributed by atoms with Crippen LogP contribution in [0.4, 0.5) is 0 Å². The van der Waals surface area contributed by atoms with Gasteiger partial charge in [0.15, 0.2) is 0 Å². The van der Waals surface area contributed by atoms with E-state index in [9.17, 15) is 4.79 Å². The van der Waals surface area contributed by atoms with Gasteiger partial charge in [0, 0.05) is 18.1 Å². The topological polar surface area (TPSA) is 29.1 Å². The average molecular weight is 342 g/mol. The maximum Gasteiger partial charge on any atom is 0.224 e. The third-order valence-electron chi connectivity index (χ3n) is 3.60. The van der Waals surface area contributed by atoms with Crippen molar-refractivity contribution in [1.29, 1.82) is 0 Å². The monoisotopic (exact) mass is 341 g/mol. The number of amides is 1. The molecule has 0 aliphatic heterocycles. The van der Waals surface area contributed by atoms with Gasteiger partial charge in [0.1, 0.15) is 0 Å². The zero-order valence-corrected chi connectivity index (χ0v) is 14.5. The van der Waals surface area contributed by atoms with Crippen LogP contribution in [0.3, 0.4) is 0 Å². The van der Waals surface area contributed by atoms with E-state index in [4.69, 9.17) is 0 Å². The van der Waals surface area contributed by atoms with Crippen LogP contribution in [0.1, 0.15) is 11.1 Å². The van der Waals surface area contributed by atoms with Crippen molar-refractivity contribution in [2.45, 2.75) is 12.2 Å². The summed E-state index contributed by atoms with van der Waals surface area (Å²) >= 11 is 3.58. The Balaban J connectivity index is 1.41. The molecule has 0 unspecified atom stereocenters. The van der Waals surface area contributed by atoms with Crippen LogP contribution in [-0.2, 0) is 17.0 Å². The number of thiophene rings is 1. The highest BCUT2D eigenvalue weighted by atomic mass is 32.2. The van der Waals surface area contributed by atoms with Crippen LogP contribution < -0.4 is 5.32 Å². The van der Waals surface area contributed by atoms with Crippen molar-refractivity contribution in [2.75, 3.05) is 12.3 Å². The van der Waals surface area contributed by atoms with Gasteiger partial charge in [0.05, 0.1) is 6.42 Å². The minimum absolute atomic E-state index is 0.0939. The van der Waals surface area contributed by atoms with Crippen molar-refractivity contribution in [3.05, 3.63) is 70.4 Å². The van der Waals surface area contributed by atoms with E-state index in [-0.39, 0.29) is 5.91 Å². The predicted octanol–water partition coefficient (Wildman–Crippen LogP) is 4.49. The lowest BCUT2D eigenvalue weighted by Crippen LogP contribution is -2.27. The Kier molecular flexibility index (Phi) is 5.72. The van der Waals surface area contributed by atoms with E-state index in [0.29, 0.717) is 6.42 Å². The Labute approximate surface area is 144 Å². The average Bonchev–Trinajstić information content (AvgIpc) is 3.08. The van der Waals surface area contributed by atoms with E-state index in [1.165, 1.54) is 16.3 Å². The van der Waals surface area contributed by atoms with Crippen LogP contribution in [0.25, 0.3) is 10.8 Å². The molecule has 3 aromatic rings. The highest BCUT2D eigenvalue weighted by Crippen LogP contribution is 2.16. The van der Waals surface area contributed by atoms with Gasteiger partial charge >= 0.3 is 0 Å². The Bertz CT molecular complexity index is 768. The Hall–Kier alpha value is -1.78. The van der Waals surface area contributed by atoms with Crippen LogP contribution in [0, 0.1) is 0 Å². The van der Waals surface area contributed by atoms with Gasteiger partial charge in [0.25, 0.3) is 0 Å². The molecule has 4 heteroatoms. The van der Waals surface area contributed by atoms with E-state index in [1.807, 2.05) is 30.0 Å². The Morgan fingerprint density at radius 2 is 1.91 bits per heavy atom. The molecule has 118 valence electrons. The summed E-state index contributed by atoms with van der Waals surface area (Å²) < 4.78 is 0. The van der Waals surface area contributed by atoms with Crippen LogP contribution in [0.2, 0.25) is 0 Å². The molecule has 0 atom stereocenters. The molecule has 2 nitrogen and oxygen atoms in total. The second-order valence-corrected chi connectivity index (χ2v) is 7.28. The molecule has 2 aromatic carbocycles. The smallest absolute Gasteiger partial charge is 0.224 e. The Morgan fingerprint density at radius 3 is 2.74 bits per heavy atom. The summed E-state index contributed by atoms with van der Waals surface area (Å²) in [5, 5.41) is 9.67. The highest BCUT2D eigenvalue weighted by Gasteiger charge is 2.04. The first kappa shape index (κ1) is 16.1. The zero-order chi connectivity index (χ0) is 15.9. The predicted molar refractivity (Wildman–Crippen MR) is 101 cm³/mol. The van der Waals surface area contributed by atoms with E-state index < -0.39 is 0 Å². The summed E-state index contributed by atoms with van der Waals surface area (Å²) in [5.41, 5.74) is 2.43. The molecule has 1 heterocycles. The summed E-state index contributed by atoms with van der Waals surface area (Å²) in [6.45, 7) is 0.723. The summed E-state index contributed by atoms with van der Waals surface area (Å²) in [5.74, 6) is 2.06. The van der Waals surface area contributed by atoms with Crippen molar-refractivity contribution in [1.82, 2.24) is 5.32 Å². The summed E-state index contributed by atoms with van der Waals surface area (Å²) in [6.07, 6.45) is 0.444. The van der Waals surface area contributed by atoms with Crippen molar-refractivity contribution in [3.63, 3.8) is 0 Å². The van der Waals surface area contributed by atoms with Gasteiger partial charge in [-0.1, -0.05) is 42.5 Å². The molecular weight excluding hydrogens is 322 g/mol. The number of thioether (sulfide) groups is 1. The number of fused-ring (bicyclic) bond motifs is 1. The summed E-state index contributed by atoms with van der Waals surface area (Å²) in [7, 11) is 0. The molecule has 0 aliphatic rings. The molecule has 23 heavy (non-hydrogen) atoms. The lowest BCUT2D eigenvalue weighted by atomic mass is 10.1. The summed E-state index contributed by atoms with van der Waals surface area (Å²) in [4.78, 5) is 12.0. The molecule has 0 saturated carbocycles. The van der Waals surface area contributed by atoms with Gasteiger partial charge in [-0.25, -0.2) is 0 Å². The van der Waals surface area contributed by atoms with E-state index in [1.54, 1.807) is 11.3 Å². The number of hydrogen-bond donors (Lipinski definition) is 1. The molecule has 1 N–H and O–H groups in total. The van der Waals surface area contributed by atoms with E-state index in [0.717, 1.165) is 23.6 Å². The van der Waals surface area contributed by atoms with E-state index >= 15 is 0 Å². The number of carbonyl (C=O) groups is 1. The fraction of sp³-hybridized carbons (Fsp3) is 0.211. The number of hydrogen-bond acceptors (Lipinski definition) is 3. The minimum Gasteiger partial charge on any atom is -0.355 e. The molecule has 3 rings (SSSR count). The fourth-order valence-electron chi connectivity index (χ4n) is 2.42. The number of benzene rings is 2. The lowest BCUT2D eigenvalue weighted by molar-refractivity contribution is -0.120. The van der Waals surface area contributed by atoms with Crippen molar-refractivity contribution < 1.29 is 4.79 Å². The number of nitrogens with one attached hydrogen (secondary N) is 1. The van der Waals surface area contributed by atoms with Crippen LogP contribution >= 0.6 is 23.1 Å². The molecule has 0 saturated heterocycles. The summed E-state index contributed by atoms with van der Waals surface area (Å²) in [6, 6.07) is 16.6. The third-order valence-corrected chi connectivity index (χ3v) is 5.36. The highest BCUT2D eigenvalue weighted by molar-refractivity contribution is 7.98. The largest absolute Gasteiger partial charge is 0.355 e. The molecule has 0 spiro atoms. The van der Waals surface area contributed by atoms with E-state index in [2.05, 4.69) is 46.4 Å². The molecule has 0 fully saturated rings. The second kappa shape index (κ2) is 8.18. The first-order valence-electron chi connectivity index (χ1n) is 7.64. The van der Waals surface area contributed by atoms with Gasteiger partial charge in [-0.2, -0.15) is 23.1 Å². The quantitative estimate of drug-likeness (QED) is 0.641. The SMILES string of the molecule is O=C(Cc1ccc2ccccc2c1)NCCSCc1ccsc1. The second-order valence-electron chi connectivity index (χ2n) is 5.39. The first-order valence-corrected chi connectivity index (χ1v) is 9.74. The first-order chi connectivity index (χ1) is 11.3.